The lowest BCUT2D eigenvalue weighted by Crippen LogP contribution is -2.16. The Morgan fingerprint density at radius 3 is 1.96 bits per heavy atom. The van der Waals surface area contributed by atoms with Crippen LogP contribution in [0.3, 0.4) is 0 Å². The molecule has 1 aliphatic carbocycles. The maximum atomic E-state index is 2.36. The summed E-state index contributed by atoms with van der Waals surface area (Å²) in [6.07, 6.45) is 0. The smallest absolute Gasteiger partial charge is 0.0165 e. The summed E-state index contributed by atoms with van der Waals surface area (Å²) < 4.78 is 0. The molecule has 0 radical (unpaired) electrons. The van der Waals surface area contributed by atoms with E-state index in [1.807, 2.05) is 0 Å². The molecule has 0 saturated carbocycles. The quantitative estimate of drug-likeness (QED) is 0.347. The van der Waals surface area contributed by atoms with Gasteiger partial charge in [-0.15, -0.1) is 0 Å². The van der Waals surface area contributed by atoms with Crippen LogP contribution in [-0.4, -0.2) is 0 Å². The molecule has 0 amide bonds. The van der Waals surface area contributed by atoms with E-state index >= 15 is 0 Å². The third kappa shape index (κ3) is 1.96. The highest BCUT2D eigenvalue weighted by Gasteiger charge is 2.37. The summed E-state index contributed by atoms with van der Waals surface area (Å²) in [5.41, 5.74) is 9.69. The van der Waals surface area contributed by atoms with Gasteiger partial charge in [0.15, 0.2) is 0 Å². The summed E-state index contributed by atoms with van der Waals surface area (Å²) in [6, 6.07) is 29.0. The van der Waals surface area contributed by atoms with Crippen molar-refractivity contribution in [1.82, 2.24) is 0 Å². The van der Waals surface area contributed by atoms with Crippen molar-refractivity contribution in [3.63, 3.8) is 0 Å². The van der Waals surface area contributed by atoms with Gasteiger partial charge in [-0.1, -0.05) is 92.7 Å². The SMILES string of the molecule is Cc1ccc(-c2cccc3c2C(C)(C)c2ccccc2-3)c2ccccc12. The van der Waals surface area contributed by atoms with Gasteiger partial charge in [0.05, 0.1) is 0 Å². The largest absolute Gasteiger partial charge is 0.0619 e. The lowest BCUT2D eigenvalue weighted by Gasteiger charge is -2.25. The lowest BCUT2D eigenvalue weighted by atomic mass is 9.78. The highest BCUT2D eigenvalue weighted by atomic mass is 14.4. The van der Waals surface area contributed by atoms with E-state index in [0.717, 1.165) is 0 Å². The van der Waals surface area contributed by atoms with E-state index in [-0.39, 0.29) is 5.41 Å². The van der Waals surface area contributed by atoms with Crippen LogP contribution in [0.1, 0.15) is 30.5 Å². The third-order valence-corrected chi connectivity index (χ3v) is 6.01. The first-order valence-electron chi connectivity index (χ1n) is 9.31. The third-order valence-electron chi connectivity index (χ3n) is 6.01. The Labute approximate surface area is 155 Å². The predicted molar refractivity (Wildman–Crippen MR) is 112 cm³/mol. The fourth-order valence-corrected chi connectivity index (χ4v) is 4.76. The summed E-state index contributed by atoms with van der Waals surface area (Å²) in [4.78, 5) is 0. The van der Waals surface area contributed by atoms with Gasteiger partial charge < -0.3 is 0 Å². The Morgan fingerprint density at radius 1 is 0.538 bits per heavy atom. The number of rotatable bonds is 1. The Hall–Kier alpha value is -2.86. The fourth-order valence-electron chi connectivity index (χ4n) is 4.76. The van der Waals surface area contributed by atoms with Gasteiger partial charge in [-0.25, -0.2) is 0 Å². The normalized spacial score (nSPS) is 14.3. The molecular formula is C26H22. The molecule has 0 heterocycles. The molecule has 0 N–H and O–H groups in total. The molecular weight excluding hydrogens is 312 g/mol. The van der Waals surface area contributed by atoms with Gasteiger partial charge in [0.2, 0.25) is 0 Å². The van der Waals surface area contributed by atoms with Crippen molar-refractivity contribution in [3.05, 3.63) is 95.6 Å². The van der Waals surface area contributed by atoms with Crippen molar-refractivity contribution >= 4 is 10.8 Å². The number of hydrogen-bond acceptors (Lipinski definition) is 0. The molecule has 0 atom stereocenters. The van der Waals surface area contributed by atoms with Gasteiger partial charge in [0, 0.05) is 5.41 Å². The molecule has 0 unspecified atom stereocenters. The molecule has 0 fully saturated rings. The number of benzene rings is 4. The molecule has 4 aromatic carbocycles. The Morgan fingerprint density at radius 2 is 1.15 bits per heavy atom. The summed E-state index contributed by atoms with van der Waals surface area (Å²) in [6.45, 7) is 6.91. The van der Waals surface area contributed by atoms with Gasteiger partial charge >= 0.3 is 0 Å². The lowest BCUT2D eigenvalue weighted by molar-refractivity contribution is 0.662. The zero-order chi connectivity index (χ0) is 17.9. The van der Waals surface area contributed by atoms with Crippen molar-refractivity contribution in [2.75, 3.05) is 0 Å². The average Bonchev–Trinajstić information content (AvgIpc) is 2.91. The van der Waals surface area contributed by atoms with Crippen LogP contribution >= 0.6 is 0 Å². The van der Waals surface area contributed by atoms with Crippen LogP contribution in [0, 0.1) is 6.92 Å². The summed E-state index contributed by atoms with van der Waals surface area (Å²) in [5.74, 6) is 0. The van der Waals surface area contributed by atoms with Gasteiger partial charge in [-0.05, 0) is 56.6 Å². The van der Waals surface area contributed by atoms with Crippen molar-refractivity contribution < 1.29 is 0 Å². The van der Waals surface area contributed by atoms with Crippen LogP contribution in [0.2, 0.25) is 0 Å². The van der Waals surface area contributed by atoms with E-state index in [2.05, 4.69) is 99.6 Å². The molecule has 0 aromatic heterocycles. The van der Waals surface area contributed by atoms with Crippen molar-refractivity contribution in [3.8, 4) is 22.3 Å². The molecule has 0 spiro atoms. The number of aryl methyl sites for hydroxylation is 1. The molecule has 0 heteroatoms. The topological polar surface area (TPSA) is 0 Å². The number of hydrogen-bond donors (Lipinski definition) is 0. The Bertz CT molecular complexity index is 1160. The van der Waals surface area contributed by atoms with Crippen LogP contribution < -0.4 is 0 Å². The molecule has 0 nitrogen and oxygen atoms in total. The molecule has 0 bridgehead atoms. The van der Waals surface area contributed by atoms with Gasteiger partial charge in [0.1, 0.15) is 0 Å². The van der Waals surface area contributed by atoms with E-state index < -0.39 is 0 Å². The minimum absolute atomic E-state index is 0.00844. The first-order valence-corrected chi connectivity index (χ1v) is 9.31. The van der Waals surface area contributed by atoms with Crippen LogP contribution in [-0.2, 0) is 5.41 Å². The van der Waals surface area contributed by atoms with E-state index in [1.165, 1.54) is 49.7 Å². The monoisotopic (exact) mass is 334 g/mol. The molecule has 1 aliphatic rings. The highest BCUT2D eigenvalue weighted by Crippen LogP contribution is 2.52. The molecule has 0 aliphatic heterocycles. The average molecular weight is 334 g/mol. The maximum absolute atomic E-state index is 2.36. The van der Waals surface area contributed by atoms with Crippen LogP contribution in [0.25, 0.3) is 33.0 Å². The molecule has 5 rings (SSSR count). The van der Waals surface area contributed by atoms with Crippen LogP contribution in [0.5, 0.6) is 0 Å². The standard InChI is InChI=1S/C26H22/c1-17-15-16-20(19-10-5-4-9-18(17)19)22-12-8-13-23-21-11-6-7-14-24(21)26(2,3)25(22)23/h4-16H,1-3H3. The van der Waals surface area contributed by atoms with E-state index in [1.54, 1.807) is 0 Å². The maximum Gasteiger partial charge on any atom is 0.0165 e. The Balaban J connectivity index is 1.88. The molecule has 0 saturated heterocycles. The molecule has 4 aromatic rings. The van der Waals surface area contributed by atoms with Crippen LogP contribution in [0.4, 0.5) is 0 Å². The van der Waals surface area contributed by atoms with E-state index in [4.69, 9.17) is 0 Å². The molecule has 126 valence electrons. The van der Waals surface area contributed by atoms with E-state index in [0.29, 0.717) is 0 Å². The fraction of sp³-hybridized carbons (Fsp3) is 0.154. The van der Waals surface area contributed by atoms with Gasteiger partial charge in [-0.3, -0.25) is 0 Å². The second kappa shape index (κ2) is 5.32. The molecule has 26 heavy (non-hydrogen) atoms. The zero-order valence-electron chi connectivity index (χ0n) is 15.5. The van der Waals surface area contributed by atoms with Crippen molar-refractivity contribution in [2.45, 2.75) is 26.2 Å². The second-order valence-electron chi connectivity index (χ2n) is 7.87. The Kier molecular flexibility index (Phi) is 3.15. The second-order valence-corrected chi connectivity index (χ2v) is 7.87. The van der Waals surface area contributed by atoms with Gasteiger partial charge in [-0.2, -0.15) is 0 Å². The minimum Gasteiger partial charge on any atom is -0.0619 e. The van der Waals surface area contributed by atoms with E-state index in [9.17, 15) is 0 Å². The zero-order valence-corrected chi connectivity index (χ0v) is 15.5. The van der Waals surface area contributed by atoms with Gasteiger partial charge in [0.25, 0.3) is 0 Å². The van der Waals surface area contributed by atoms with Crippen molar-refractivity contribution in [2.24, 2.45) is 0 Å². The predicted octanol–water partition coefficient (Wildman–Crippen LogP) is 7.12. The number of fused-ring (bicyclic) bond motifs is 4. The first-order chi connectivity index (χ1) is 12.6. The summed E-state index contributed by atoms with van der Waals surface area (Å²) in [5, 5.41) is 2.68. The first kappa shape index (κ1) is 15.4. The summed E-state index contributed by atoms with van der Waals surface area (Å²) in [7, 11) is 0. The van der Waals surface area contributed by atoms with Crippen LogP contribution in [0.15, 0.2) is 78.9 Å². The minimum atomic E-state index is 0.00844. The summed E-state index contributed by atoms with van der Waals surface area (Å²) >= 11 is 0. The highest BCUT2D eigenvalue weighted by molar-refractivity contribution is 6.01. The van der Waals surface area contributed by atoms with Crippen molar-refractivity contribution in [1.29, 1.82) is 0 Å².